The lowest BCUT2D eigenvalue weighted by Crippen LogP contribution is -2.47. The third kappa shape index (κ3) is 4.65. The quantitative estimate of drug-likeness (QED) is 0.703. The summed E-state index contributed by atoms with van der Waals surface area (Å²) in [5, 5.41) is 4.39. The molecule has 5 rings (SSSR count). The lowest BCUT2D eigenvalue weighted by Gasteiger charge is -2.34. The number of amides is 2. The van der Waals surface area contributed by atoms with Gasteiger partial charge in [-0.15, -0.1) is 0 Å². The van der Waals surface area contributed by atoms with E-state index in [1.54, 1.807) is 0 Å². The average Bonchev–Trinajstić information content (AvgIpc) is 3.58. The van der Waals surface area contributed by atoms with Crippen LogP contribution in [0.1, 0.15) is 49.1 Å². The van der Waals surface area contributed by atoms with Crippen molar-refractivity contribution in [3.8, 4) is 0 Å². The highest BCUT2D eigenvalue weighted by atomic mass is 16.6. The van der Waals surface area contributed by atoms with Crippen molar-refractivity contribution in [2.75, 3.05) is 26.2 Å². The molecule has 172 valence electrons. The molecule has 0 aromatic heterocycles. The molecule has 1 atom stereocenters. The fourth-order valence-electron chi connectivity index (χ4n) is 5.31. The second-order valence-electron chi connectivity index (χ2n) is 9.27. The van der Waals surface area contributed by atoms with Crippen LogP contribution in [-0.4, -0.2) is 59.6 Å². The lowest BCUT2D eigenvalue weighted by molar-refractivity contribution is -0.146. The highest BCUT2D eigenvalue weighted by molar-refractivity contribution is 5.98. The largest absolute Gasteiger partial charge is 0.382 e. The van der Waals surface area contributed by atoms with E-state index >= 15 is 0 Å². The first-order valence-electron chi connectivity index (χ1n) is 12.1. The molecule has 2 aromatic rings. The number of hydrogen-bond acceptors (Lipinski definition) is 4. The number of carbonyl (C=O) groups is 2. The first-order valence-corrected chi connectivity index (χ1v) is 12.1. The van der Waals surface area contributed by atoms with Gasteiger partial charge in [0.25, 0.3) is 5.91 Å². The second kappa shape index (κ2) is 9.77. The molecule has 3 aliphatic heterocycles. The Hall–Kier alpha value is -3.15. The summed E-state index contributed by atoms with van der Waals surface area (Å²) in [5.41, 5.74) is 3.16. The van der Waals surface area contributed by atoms with Crippen LogP contribution in [0.4, 0.5) is 0 Å². The molecular formula is C27H31N3O3. The lowest BCUT2D eigenvalue weighted by atomic mass is 9.85. The predicted octanol–water partition coefficient (Wildman–Crippen LogP) is 3.82. The zero-order chi connectivity index (χ0) is 22.6. The highest BCUT2D eigenvalue weighted by Crippen LogP contribution is 2.32. The van der Waals surface area contributed by atoms with E-state index in [2.05, 4.69) is 29.4 Å². The maximum atomic E-state index is 13.2. The SMILES string of the molecule is O=C(C1CCN(C(=O)C2CC(C(c3ccccc3)c3ccccc3)=NO2)CC1)N1CCCC1. The van der Waals surface area contributed by atoms with Gasteiger partial charge in [0.1, 0.15) is 0 Å². The van der Waals surface area contributed by atoms with Crippen LogP contribution in [0.15, 0.2) is 65.8 Å². The molecule has 2 amide bonds. The van der Waals surface area contributed by atoms with E-state index < -0.39 is 6.10 Å². The third-order valence-corrected chi connectivity index (χ3v) is 7.14. The van der Waals surface area contributed by atoms with Crippen molar-refractivity contribution in [1.82, 2.24) is 9.80 Å². The molecule has 0 radical (unpaired) electrons. The van der Waals surface area contributed by atoms with Crippen LogP contribution in [0.25, 0.3) is 0 Å². The minimum absolute atomic E-state index is 0.0132. The van der Waals surface area contributed by atoms with Gasteiger partial charge in [0.2, 0.25) is 12.0 Å². The predicted molar refractivity (Wildman–Crippen MR) is 127 cm³/mol. The van der Waals surface area contributed by atoms with E-state index in [4.69, 9.17) is 4.84 Å². The number of rotatable bonds is 5. The van der Waals surface area contributed by atoms with Crippen molar-refractivity contribution in [1.29, 1.82) is 0 Å². The van der Waals surface area contributed by atoms with E-state index in [1.807, 2.05) is 46.2 Å². The van der Waals surface area contributed by atoms with Crippen molar-refractivity contribution in [2.24, 2.45) is 11.1 Å². The molecule has 0 N–H and O–H groups in total. The summed E-state index contributed by atoms with van der Waals surface area (Å²) >= 11 is 0. The number of nitrogens with zero attached hydrogens (tertiary/aromatic N) is 3. The zero-order valence-electron chi connectivity index (χ0n) is 18.9. The number of benzene rings is 2. The smallest absolute Gasteiger partial charge is 0.266 e. The summed E-state index contributed by atoms with van der Waals surface area (Å²) in [6, 6.07) is 20.5. The molecule has 0 saturated carbocycles. The Morgan fingerprint density at radius 3 is 1.91 bits per heavy atom. The maximum absolute atomic E-state index is 13.2. The van der Waals surface area contributed by atoms with Crippen LogP contribution in [0, 0.1) is 5.92 Å². The molecule has 3 aliphatic rings. The van der Waals surface area contributed by atoms with Gasteiger partial charge in [0, 0.05) is 38.5 Å². The summed E-state index contributed by atoms with van der Waals surface area (Å²) in [6.07, 6.45) is 3.59. The van der Waals surface area contributed by atoms with E-state index in [1.165, 1.54) is 0 Å². The van der Waals surface area contributed by atoms with E-state index in [0.717, 1.165) is 55.6 Å². The van der Waals surface area contributed by atoms with Crippen molar-refractivity contribution >= 4 is 17.5 Å². The number of hydrogen-bond donors (Lipinski definition) is 0. The van der Waals surface area contributed by atoms with Crippen molar-refractivity contribution in [3.63, 3.8) is 0 Å². The molecule has 0 aliphatic carbocycles. The zero-order valence-corrected chi connectivity index (χ0v) is 18.9. The minimum atomic E-state index is -0.583. The summed E-state index contributed by atoms with van der Waals surface area (Å²) in [6.45, 7) is 2.99. The number of oxime groups is 1. The molecule has 3 heterocycles. The summed E-state index contributed by atoms with van der Waals surface area (Å²) in [5.74, 6) is 0.273. The molecule has 0 spiro atoms. The van der Waals surface area contributed by atoms with Gasteiger partial charge in [0.05, 0.1) is 11.6 Å². The van der Waals surface area contributed by atoms with Crippen LogP contribution in [0.3, 0.4) is 0 Å². The van der Waals surface area contributed by atoms with Gasteiger partial charge in [-0.2, -0.15) is 0 Å². The van der Waals surface area contributed by atoms with Gasteiger partial charge >= 0.3 is 0 Å². The third-order valence-electron chi connectivity index (χ3n) is 7.14. The van der Waals surface area contributed by atoms with Crippen LogP contribution < -0.4 is 0 Å². The van der Waals surface area contributed by atoms with Crippen molar-refractivity contribution in [3.05, 3.63) is 71.8 Å². The van der Waals surface area contributed by atoms with E-state index in [0.29, 0.717) is 19.5 Å². The van der Waals surface area contributed by atoms with Gasteiger partial charge in [-0.25, -0.2) is 0 Å². The van der Waals surface area contributed by atoms with E-state index in [-0.39, 0.29) is 23.7 Å². The van der Waals surface area contributed by atoms with Crippen LogP contribution in [0.2, 0.25) is 0 Å². The number of piperidine rings is 1. The van der Waals surface area contributed by atoms with Crippen molar-refractivity contribution in [2.45, 2.75) is 44.1 Å². The summed E-state index contributed by atoms with van der Waals surface area (Å²) < 4.78 is 0. The summed E-state index contributed by atoms with van der Waals surface area (Å²) in [7, 11) is 0. The molecule has 6 nitrogen and oxygen atoms in total. The molecule has 0 bridgehead atoms. The first-order chi connectivity index (χ1) is 16.2. The van der Waals surface area contributed by atoms with Gasteiger partial charge in [0.15, 0.2) is 0 Å². The second-order valence-corrected chi connectivity index (χ2v) is 9.27. The molecule has 2 aromatic carbocycles. The molecular weight excluding hydrogens is 414 g/mol. The standard InChI is InChI=1S/C27H31N3O3/c31-26(29-15-7-8-16-29)22-13-17-30(18-14-22)27(32)24-19-23(28-33-24)25(20-9-3-1-4-10-20)21-11-5-2-6-12-21/h1-6,9-12,22,24-25H,7-8,13-19H2. The Morgan fingerprint density at radius 2 is 1.33 bits per heavy atom. The Labute approximate surface area is 195 Å². The molecule has 2 saturated heterocycles. The highest BCUT2D eigenvalue weighted by Gasteiger charge is 2.38. The molecule has 1 unspecified atom stereocenters. The number of likely N-dealkylation sites (tertiary alicyclic amines) is 2. The van der Waals surface area contributed by atoms with Crippen LogP contribution in [-0.2, 0) is 14.4 Å². The van der Waals surface area contributed by atoms with Gasteiger partial charge in [-0.3, -0.25) is 9.59 Å². The molecule has 6 heteroatoms. The van der Waals surface area contributed by atoms with Crippen molar-refractivity contribution < 1.29 is 14.4 Å². The normalized spacial score (nSPS) is 21.2. The average molecular weight is 446 g/mol. The Bertz CT molecular complexity index is 954. The minimum Gasteiger partial charge on any atom is -0.382 e. The molecule has 2 fully saturated rings. The fraction of sp³-hybridized carbons (Fsp3) is 0.444. The molecule has 33 heavy (non-hydrogen) atoms. The topological polar surface area (TPSA) is 62.2 Å². The van der Waals surface area contributed by atoms with Gasteiger partial charge in [-0.05, 0) is 36.8 Å². The monoisotopic (exact) mass is 445 g/mol. The maximum Gasteiger partial charge on any atom is 0.266 e. The van der Waals surface area contributed by atoms with E-state index in [9.17, 15) is 9.59 Å². The first kappa shape index (κ1) is 21.7. The Balaban J connectivity index is 1.22. The fourth-order valence-corrected chi connectivity index (χ4v) is 5.31. The van der Waals surface area contributed by atoms with Gasteiger partial charge in [-0.1, -0.05) is 65.8 Å². The van der Waals surface area contributed by atoms with Crippen LogP contribution in [0.5, 0.6) is 0 Å². The number of carbonyl (C=O) groups excluding carboxylic acids is 2. The Morgan fingerprint density at radius 1 is 0.788 bits per heavy atom. The Kier molecular flexibility index (Phi) is 6.42. The van der Waals surface area contributed by atoms with Gasteiger partial charge < -0.3 is 14.6 Å². The summed E-state index contributed by atoms with van der Waals surface area (Å²) in [4.78, 5) is 35.4. The van der Waals surface area contributed by atoms with Crippen LogP contribution >= 0.6 is 0 Å².